The maximum atomic E-state index is 12.8. The maximum absolute atomic E-state index is 12.8. The number of piperazine rings is 1. The Bertz CT molecular complexity index is 829. The normalized spacial score (nSPS) is 22.5. The van der Waals surface area contributed by atoms with Crippen molar-refractivity contribution in [2.75, 3.05) is 50.5 Å². The van der Waals surface area contributed by atoms with E-state index in [2.05, 4.69) is 17.1 Å². The van der Waals surface area contributed by atoms with Gasteiger partial charge in [0, 0.05) is 38.6 Å². The van der Waals surface area contributed by atoms with Crippen molar-refractivity contribution in [3.8, 4) is 5.75 Å². The fraction of sp³-hybridized carbons (Fsp3) is 0.708. The number of anilines is 1. The molecule has 2 aliphatic rings. The second-order valence-electron chi connectivity index (χ2n) is 9.02. The predicted octanol–water partition coefficient (Wildman–Crippen LogP) is 3.26. The Morgan fingerprint density at radius 1 is 1.09 bits per heavy atom. The van der Waals surface area contributed by atoms with Crippen LogP contribution in [0.5, 0.6) is 5.75 Å². The van der Waals surface area contributed by atoms with Crippen molar-refractivity contribution in [2.45, 2.75) is 51.9 Å². The van der Waals surface area contributed by atoms with E-state index in [1.165, 1.54) is 19.3 Å². The Hall–Kier alpha value is -1.80. The van der Waals surface area contributed by atoms with Gasteiger partial charge in [-0.3, -0.25) is 4.79 Å². The van der Waals surface area contributed by atoms with Crippen LogP contribution in [0.25, 0.3) is 0 Å². The van der Waals surface area contributed by atoms with Gasteiger partial charge in [0.1, 0.15) is 5.75 Å². The zero-order valence-corrected chi connectivity index (χ0v) is 20.4. The number of carbonyl (C=O) groups is 1. The Labute approximate surface area is 193 Å². The minimum Gasteiger partial charge on any atom is -0.495 e. The van der Waals surface area contributed by atoms with Gasteiger partial charge >= 0.3 is 0 Å². The largest absolute Gasteiger partial charge is 0.495 e. The van der Waals surface area contributed by atoms with E-state index in [0.717, 1.165) is 43.0 Å². The van der Waals surface area contributed by atoms with Gasteiger partial charge in [0.15, 0.2) is 0 Å². The minimum absolute atomic E-state index is 0.0233. The highest BCUT2D eigenvalue weighted by atomic mass is 32.2. The lowest BCUT2D eigenvalue weighted by molar-refractivity contribution is -0.126. The molecule has 1 aromatic carbocycles. The standard InChI is InChI=1S/C24H39N3O4S/c1-3-4-7-20-10-12-21(13-11-20)24(28)25-14-19-32(29,30)27-17-15-26(16-18-27)22-8-5-6-9-23(22)31-2/h5-6,8-9,20-21H,3-4,7,10-19H2,1-2H3,(H,25,28). The van der Waals surface area contributed by atoms with Crippen LogP contribution in [0.2, 0.25) is 0 Å². The fourth-order valence-corrected chi connectivity index (χ4v) is 6.22. The van der Waals surface area contributed by atoms with Crippen molar-refractivity contribution in [2.24, 2.45) is 11.8 Å². The average molecular weight is 466 g/mol. The van der Waals surface area contributed by atoms with Crippen molar-refractivity contribution in [1.29, 1.82) is 0 Å². The molecule has 2 fully saturated rings. The van der Waals surface area contributed by atoms with Crippen LogP contribution in [0.15, 0.2) is 24.3 Å². The van der Waals surface area contributed by atoms with Gasteiger partial charge in [0.2, 0.25) is 15.9 Å². The average Bonchev–Trinajstić information content (AvgIpc) is 2.83. The molecule has 0 aromatic heterocycles. The first-order valence-electron chi connectivity index (χ1n) is 12.1. The van der Waals surface area contributed by atoms with Crippen LogP contribution in [-0.4, -0.2) is 64.2 Å². The van der Waals surface area contributed by atoms with E-state index < -0.39 is 10.0 Å². The molecule has 0 radical (unpaired) electrons. The zero-order chi connectivity index (χ0) is 23.0. The Morgan fingerprint density at radius 3 is 2.44 bits per heavy atom. The first-order valence-corrected chi connectivity index (χ1v) is 13.7. The number of benzene rings is 1. The number of hydrogen-bond donors (Lipinski definition) is 1. The van der Waals surface area contributed by atoms with Crippen molar-refractivity contribution >= 4 is 21.6 Å². The fourth-order valence-electron chi connectivity index (χ4n) is 4.88. The van der Waals surface area contributed by atoms with Gasteiger partial charge < -0.3 is 15.0 Å². The van der Waals surface area contributed by atoms with E-state index in [4.69, 9.17) is 4.74 Å². The number of para-hydroxylation sites is 2. The van der Waals surface area contributed by atoms with Gasteiger partial charge in [-0.2, -0.15) is 4.31 Å². The van der Waals surface area contributed by atoms with E-state index in [1.54, 1.807) is 11.4 Å². The zero-order valence-electron chi connectivity index (χ0n) is 19.6. The molecule has 8 heteroatoms. The number of sulfonamides is 1. The van der Waals surface area contributed by atoms with Crippen LogP contribution in [0, 0.1) is 11.8 Å². The number of nitrogens with zero attached hydrogens (tertiary/aromatic N) is 2. The summed E-state index contributed by atoms with van der Waals surface area (Å²) >= 11 is 0. The number of methoxy groups -OCH3 is 1. The van der Waals surface area contributed by atoms with Crippen LogP contribution >= 0.6 is 0 Å². The molecule has 1 N–H and O–H groups in total. The van der Waals surface area contributed by atoms with Crippen LogP contribution in [0.1, 0.15) is 51.9 Å². The molecular formula is C24H39N3O4S. The van der Waals surface area contributed by atoms with Gasteiger partial charge in [-0.25, -0.2) is 8.42 Å². The first-order chi connectivity index (χ1) is 15.4. The lowest BCUT2D eigenvalue weighted by Gasteiger charge is -2.36. The van der Waals surface area contributed by atoms with E-state index in [-0.39, 0.29) is 24.1 Å². The van der Waals surface area contributed by atoms with Gasteiger partial charge in [-0.05, 0) is 43.7 Å². The third-order valence-corrected chi connectivity index (χ3v) is 8.77. The second kappa shape index (κ2) is 11.9. The molecular weight excluding hydrogens is 426 g/mol. The van der Waals surface area contributed by atoms with E-state index in [9.17, 15) is 13.2 Å². The number of amides is 1. The molecule has 3 rings (SSSR count). The summed E-state index contributed by atoms with van der Waals surface area (Å²) in [6, 6.07) is 7.80. The van der Waals surface area contributed by atoms with Crippen LogP contribution in [0.3, 0.4) is 0 Å². The third kappa shape index (κ3) is 6.61. The monoisotopic (exact) mass is 465 g/mol. The highest BCUT2D eigenvalue weighted by molar-refractivity contribution is 7.89. The SMILES string of the molecule is CCCCC1CCC(C(=O)NCCS(=O)(=O)N2CCN(c3ccccc3OC)CC2)CC1. The number of carbonyl (C=O) groups excluding carboxylic acids is 1. The lowest BCUT2D eigenvalue weighted by Crippen LogP contribution is -2.50. The molecule has 0 spiro atoms. The van der Waals surface area contributed by atoms with Gasteiger partial charge in [-0.15, -0.1) is 0 Å². The number of unbranched alkanes of at least 4 members (excludes halogenated alkanes) is 1. The predicted molar refractivity (Wildman–Crippen MR) is 129 cm³/mol. The summed E-state index contributed by atoms with van der Waals surface area (Å²) < 4.78 is 32.5. The first kappa shape index (κ1) is 24.8. The molecule has 1 aromatic rings. The van der Waals surface area contributed by atoms with Crippen molar-refractivity contribution in [3.05, 3.63) is 24.3 Å². The molecule has 1 aliphatic heterocycles. The summed E-state index contributed by atoms with van der Waals surface area (Å²) in [4.78, 5) is 14.7. The second-order valence-corrected chi connectivity index (χ2v) is 11.1. The summed E-state index contributed by atoms with van der Waals surface area (Å²) in [5.74, 6) is 1.58. The molecule has 1 amide bonds. The number of nitrogens with one attached hydrogen (secondary N) is 1. The summed E-state index contributed by atoms with van der Waals surface area (Å²) in [7, 11) is -1.74. The molecule has 180 valence electrons. The molecule has 0 atom stereocenters. The van der Waals surface area contributed by atoms with E-state index in [1.807, 2.05) is 24.3 Å². The molecule has 7 nitrogen and oxygen atoms in total. The minimum atomic E-state index is -3.39. The molecule has 1 saturated heterocycles. The number of hydrogen-bond acceptors (Lipinski definition) is 5. The van der Waals surface area contributed by atoms with Crippen LogP contribution in [-0.2, 0) is 14.8 Å². The summed E-state index contributed by atoms with van der Waals surface area (Å²) in [6.07, 6.45) is 7.86. The third-order valence-electron chi connectivity index (χ3n) is 6.90. The maximum Gasteiger partial charge on any atom is 0.223 e. The lowest BCUT2D eigenvalue weighted by atomic mass is 9.79. The summed E-state index contributed by atoms with van der Waals surface area (Å²) in [6.45, 7) is 4.52. The smallest absolute Gasteiger partial charge is 0.223 e. The number of ether oxygens (including phenoxy) is 1. The Balaban J connectivity index is 1.40. The van der Waals surface area contributed by atoms with Crippen LogP contribution in [0.4, 0.5) is 5.69 Å². The Kier molecular flexibility index (Phi) is 9.22. The van der Waals surface area contributed by atoms with E-state index in [0.29, 0.717) is 26.2 Å². The quantitative estimate of drug-likeness (QED) is 0.574. The van der Waals surface area contributed by atoms with Gasteiger partial charge in [0.05, 0.1) is 18.6 Å². The van der Waals surface area contributed by atoms with Crippen molar-refractivity contribution in [1.82, 2.24) is 9.62 Å². The summed E-state index contributed by atoms with van der Waals surface area (Å²) in [5.41, 5.74) is 0.990. The molecule has 1 saturated carbocycles. The topological polar surface area (TPSA) is 79.0 Å². The number of rotatable bonds is 10. The van der Waals surface area contributed by atoms with Crippen LogP contribution < -0.4 is 15.0 Å². The summed E-state index contributed by atoms with van der Waals surface area (Å²) in [5, 5.41) is 2.88. The van der Waals surface area contributed by atoms with E-state index >= 15 is 0 Å². The van der Waals surface area contributed by atoms with Gasteiger partial charge in [-0.1, -0.05) is 38.3 Å². The van der Waals surface area contributed by atoms with Gasteiger partial charge in [0.25, 0.3) is 0 Å². The molecule has 32 heavy (non-hydrogen) atoms. The molecule has 0 bridgehead atoms. The molecule has 1 aliphatic carbocycles. The molecule has 0 unspecified atom stereocenters. The highest BCUT2D eigenvalue weighted by Crippen LogP contribution is 2.32. The molecule has 1 heterocycles. The van der Waals surface area contributed by atoms with Crippen molar-refractivity contribution in [3.63, 3.8) is 0 Å². The Morgan fingerprint density at radius 2 is 1.78 bits per heavy atom. The van der Waals surface area contributed by atoms with Crippen molar-refractivity contribution < 1.29 is 17.9 Å². The highest BCUT2D eigenvalue weighted by Gasteiger charge is 2.29.